The van der Waals surface area contributed by atoms with Gasteiger partial charge in [-0.25, -0.2) is 9.97 Å². The summed E-state index contributed by atoms with van der Waals surface area (Å²) in [5, 5.41) is 11.6. The van der Waals surface area contributed by atoms with Crippen molar-refractivity contribution in [1.29, 1.82) is 0 Å². The summed E-state index contributed by atoms with van der Waals surface area (Å²) in [5.41, 5.74) is 4.02. The molecule has 24 heavy (non-hydrogen) atoms. The molecule has 1 N–H and O–H groups in total. The summed E-state index contributed by atoms with van der Waals surface area (Å²) in [4.78, 5) is 9.16. The minimum Gasteiger partial charge on any atom is -0.493 e. The molecule has 0 atom stereocenters. The van der Waals surface area contributed by atoms with E-state index in [1.165, 1.54) is 6.21 Å². The number of fused-ring (bicyclic) bond motifs is 1. The molecule has 0 aliphatic rings. The maximum Gasteiger partial charge on any atom is 0.161 e. The van der Waals surface area contributed by atoms with Gasteiger partial charge in [0.2, 0.25) is 0 Å². The van der Waals surface area contributed by atoms with E-state index in [-0.39, 0.29) is 6.61 Å². The van der Waals surface area contributed by atoms with Crippen molar-refractivity contribution in [1.82, 2.24) is 9.97 Å². The molecule has 0 radical (unpaired) electrons. The number of para-hydroxylation sites is 2. The van der Waals surface area contributed by atoms with Crippen molar-refractivity contribution in [2.75, 3.05) is 7.11 Å². The van der Waals surface area contributed by atoms with Gasteiger partial charge in [0.25, 0.3) is 0 Å². The predicted octanol–water partition coefficient (Wildman–Crippen LogP) is 3.33. The van der Waals surface area contributed by atoms with Crippen molar-refractivity contribution in [3.8, 4) is 11.5 Å². The third kappa shape index (κ3) is 3.27. The Kier molecular flexibility index (Phi) is 4.56. The van der Waals surface area contributed by atoms with Gasteiger partial charge in [-0.1, -0.05) is 17.3 Å². The average molecular weight is 323 g/mol. The van der Waals surface area contributed by atoms with Gasteiger partial charge in [-0.3, -0.25) is 0 Å². The van der Waals surface area contributed by atoms with Crippen molar-refractivity contribution >= 4 is 17.2 Å². The summed E-state index contributed by atoms with van der Waals surface area (Å²) in [6, 6.07) is 13.0. The fourth-order valence-electron chi connectivity index (χ4n) is 2.36. The number of benzene rings is 2. The first-order valence-corrected chi connectivity index (χ1v) is 7.42. The number of hydrogen-bond donors (Lipinski definition) is 1. The normalized spacial score (nSPS) is 11.1. The molecule has 0 saturated heterocycles. The van der Waals surface area contributed by atoms with Crippen molar-refractivity contribution < 1.29 is 14.7 Å². The smallest absolute Gasteiger partial charge is 0.161 e. The van der Waals surface area contributed by atoms with Gasteiger partial charge in [0.05, 0.1) is 35.7 Å². The lowest BCUT2D eigenvalue weighted by atomic mass is 10.2. The lowest BCUT2D eigenvalue weighted by molar-refractivity contribution is 0.280. The molecule has 3 aromatic rings. The zero-order chi connectivity index (χ0) is 16.9. The molecule has 6 nitrogen and oxygen atoms in total. The van der Waals surface area contributed by atoms with E-state index in [0.717, 1.165) is 22.4 Å². The molecule has 0 aliphatic heterocycles. The molecule has 0 amide bonds. The molecule has 1 heterocycles. The summed E-state index contributed by atoms with van der Waals surface area (Å²) >= 11 is 0. The number of ether oxygens (including phenoxy) is 2. The van der Waals surface area contributed by atoms with Crippen LogP contribution in [-0.4, -0.2) is 28.5 Å². The third-order valence-corrected chi connectivity index (χ3v) is 3.60. The Bertz CT molecular complexity index is 894. The number of methoxy groups -OCH3 is 1. The Morgan fingerprint density at radius 1 is 1.08 bits per heavy atom. The summed E-state index contributed by atoms with van der Waals surface area (Å²) in [5.74, 6) is 1.14. The number of oxime groups is 1. The Hall–Kier alpha value is -3.15. The van der Waals surface area contributed by atoms with Crippen molar-refractivity contribution in [3.63, 3.8) is 0 Å². The zero-order valence-corrected chi connectivity index (χ0v) is 13.4. The SMILES string of the molecule is COc1cc(/C=N\O)ccc1OCc1nc2ccccc2nc1C. The number of rotatable bonds is 5. The van der Waals surface area contributed by atoms with Crippen LogP contribution in [0.3, 0.4) is 0 Å². The first-order valence-electron chi connectivity index (χ1n) is 7.42. The van der Waals surface area contributed by atoms with E-state index in [1.807, 2.05) is 31.2 Å². The quantitative estimate of drug-likeness (QED) is 0.443. The van der Waals surface area contributed by atoms with Gasteiger partial charge >= 0.3 is 0 Å². The molecule has 3 rings (SSSR count). The first kappa shape index (κ1) is 15.7. The van der Waals surface area contributed by atoms with Crippen molar-refractivity contribution in [2.24, 2.45) is 5.16 Å². The van der Waals surface area contributed by atoms with Gasteiger partial charge < -0.3 is 14.7 Å². The molecule has 0 saturated carbocycles. The third-order valence-electron chi connectivity index (χ3n) is 3.60. The Balaban J connectivity index is 1.84. The van der Waals surface area contributed by atoms with E-state index in [2.05, 4.69) is 15.1 Å². The van der Waals surface area contributed by atoms with E-state index in [1.54, 1.807) is 25.3 Å². The topological polar surface area (TPSA) is 76.8 Å². The molecule has 122 valence electrons. The van der Waals surface area contributed by atoms with Crippen LogP contribution in [0.5, 0.6) is 11.5 Å². The van der Waals surface area contributed by atoms with Gasteiger partial charge in [0.15, 0.2) is 11.5 Å². The molecule has 0 bridgehead atoms. The maximum absolute atomic E-state index is 8.60. The fourth-order valence-corrected chi connectivity index (χ4v) is 2.36. The highest BCUT2D eigenvalue weighted by Crippen LogP contribution is 2.28. The monoisotopic (exact) mass is 323 g/mol. The second kappa shape index (κ2) is 6.95. The minimum absolute atomic E-state index is 0.285. The van der Waals surface area contributed by atoms with Crippen molar-refractivity contribution in [3.05, 3.63) is 59.4 Å². The lowest BCUT2D eigenvalue weighted by Gasteiger charge is -2.12. The Morgan fingerprint density at radius 2 is 1.83 bits per heavy atom. The standard InChI is InChI=1S/C18H17N3O3/c1-12-16(21-15-6-4-3-5-14(15)20-12)11-24-17-8-7-13(10-19-22)9-18(17)23-2/h3-10,22H,11H2,1-2H3/b19-10-. The van der Waals surface area contributed by atoms with E-state index < -0.39 is 0 Å². The molecule has 2 aromatic carbocycles. The van der Waals surface area contributed by atoms with E-state index in [4.69, 9.17) is 14.7 Å². The van der Waals surface area contributed by atoms with Crippen LogP contribution >= 0.6 is 0 Å². The number of hydrogen-bond acceptors (Lipinski definition) is 6. The second-order valence-corrected chi connectivity index (χ2v) is 5.19. The molecule has 6 heteroatoms. The zero-order valence-electron chi connectivity index (χ0n) is 13.4. The predicted molar refractivity (Wildman–Crippen MR) is 91.0 cm³/mol. The van der Waals surface area contributed by atoms with E-state index in [0.29, 0.717) is 17.1 Å². The van der Waals surface area contributed by atoms with Crippen LogP contribution in [0.4, 0.5) is 0 Å². The van der Waals surface area contributed by atoms with Gasteiger partial charge in [0, 0.05) is 5.56 Å². The summed E-state index contributed by atoms with van der Waals surface area (Å²) < 4.78 is 11.2. The van der Waals surface area contributed by atoms with Crippen molar-refractivity contribution in [2.45, 2.75) is 13.5 Å². The van der Waals surface area contributed by atoms with Crippen LogP contribution < -0.4 is 9.47 Å². The highest BCUT2D eigenvalue weighted by molar-refractivity contribution is 5.80. The second-order valence-electron chi connectivity index (χ2n) is 5.19. The minimum atomic E-state index is 0.285. The van der Waals surface area contributed by atoms with Crippen LogP contribution in [0.25, 0.3) is 11.0 Å². The molecule has 0 spiro atoms. The van der Waals surface area contributed by atoms with Crippen LogP contribution in [0.2, 0.25) is 0 Å². The molecule has 0 unspecified atom stereocenters. The molecule has 1 aromatic heterocycles. The number of aromatic nitrogens is 2. The van der Waals surface area contributed by atoms with Gasteiger partial charge in [-0.05, 0) is 37.3 Å². The summed E-state index contributed by atoms with van der Waals surface area (Å²) in [6.07, 6.45) is 1.32. The first-order chi connectivity index (χ1) is 11.7. The van der Waals surface area contributed by atoms with Crippen LogP contribution in [0, 0.1) is 6.92 Å². The fraction of sp³-hybridized carbons (Fsp3) is 0.167. The van der Waals surface area contributed by atoms with Gasteiger partial charge in [-0.15, -0.1) is 0 Å². The summed E-state index contributed by atoms with van der Waals surface area (Å²) in [6.45, 7) is 2.20. The Morgan fingerprint density at radius 3 is 2.54 bits per heavy atom. The molecule has 0 aliphatic carbocycles. The number of aryl methyl sites for hydroxylation is 1. The highest BCUT2D eigenvalue weighted by Gasteiger charge is 2.09. The van der Waals surface area contributed by atoms with Gasteiger partial charge in [0.1, 0.15) is 6.61 Å². The molecule has 0 fully saturated rings. The Labute approximate surface area is 139 Å². The molecular weight excluding hydrogens is 306 g/mol. The average Bonchev–Trinajstić information content (AvgIpc) is 2.60. The lowest BCUT2D eigenvalue weighted by Crippen LogP contribution is -2.04. The largest absolute Gasteiger partial charge is 0.493 e. The maximum atomic E-state index is 8.60. The van der Waals surface area contributed by atoms with E-state index >= 15 is 0 Å². The summed E-state index contributed by atoms with van der Waals surface area (Å²) in [7, 11) is 1.56. The molecular formula is C18H17N3O3. The van der Waals surface area contributed by atoms with Crippen LogP contribution in [0.1, 0.15) is 17.0 Å². The van der Waals surface area contributed by atoms with Gasteiger partial charge in [-0.2, -0.15) is 0 Å². The van der Waals surface area contributed by atoms with E-state index in [9.17, 15) is 0 Å². The van der Waals surface area contributed by atoms with Crippen LogP contribution in [0.15, 0.2) is 47.6 Å². The highest BCUT2D eigenvalue weighted by atomic mass is 16.5. The van der Waals surface area contributed by atoms with Crippen LogP contribution in [-0.2, 0) is 6.61 Å². The number of nitrogens with zero attached hydrogens (tertiary/aromatic N) is 3.